The van der Waals surface area contributed by atoms with E-state index < -0.39 is 28.7 Å². The molecule has 0 spiro atoms. The predicted octanol–water partition coefficient (Wildman–Crippen LogP) is 1.69. The Morgan fingerprint density at radius 1 is 1.40 bits per heavy atom. The van der Waals surface area contributed by atoms with Gasteiger partial charge in [0.25, 0.3) is 0 Å². The summed E-state index contributed by atoms with van der Waals surface area (Å²) < 4.78 is 40.1. The molecule has 0 aromatic carbocycles. The van der Waals surface area contributed by atoms with Crippen LogP contribution in [0.1, 0.15) is 6.92 Å². The largest absolute Gasteiger partial charge is 0.477 e. The number of ether oxygens (including phenoxy) is 1. The van der Waals surface area contributed by atoms with Crippen molar-refractivity contribution in [2.24, 2.45) is 0 Å². The first-order valence-corrected chi connectivity index (χ1v) is 3.97. The molecule has 8 heteroatoms. The fraction of sp³-hybridized carbons (Fsp3) is 0.429. The van der Waals surface area contributed by atoms with Gasteiger partial charge in [0.05, 0.1) is 6.61 Å². The molecule has 0 aliphatic rings. The van der Waals surface area contributed by atoms with Gasteiger partial charge in [-0.3, -0.25) is 0 Å². The van der Waals surface area contributed by atoms with Crippen LogP contribution in [-0.4, -0.2) is 29.8 Å². The maximum Gasteiger partial charge on any atom is 0.428 e. The third-order valence-corrected chi connectivity index (χ3v) is 1.57. The van der Waals surface area contributed by atoms with Crippen LogP contribution in [0.3, 0.4) is 0 Å². The van der Waals surface area contributed by atoms with Crippen LogP contribution in [-0.2, 0) is 14.3 Å². The number of hydrogen-bond donors (Lipinski definition) is 1. The number of carboxylic acid groups (broad SMARTS) is 1. The number of alkyl halides is 3. The first-order valence-electron chi connectivity index (χ1n) is 3.59. The Hall–Kier alpha value is -1.24. The van der Waals surface area contributed by atoms with Crippen LogP contribution in [0.15, 0.2) is 10.6 Å². The van der Waals surface area contributed by atoms with E-state index in [1.165, 1.54) is 6.92 Å². The Kier molecular flexibility index (Phi) is 4.60. The molecule has 0 aliphatic heterocycles. The van der Waals surface area contributed by atoms with Crippen molar-refractivity contribution in [3.63, 3.8) is 0 Å². The summed E-state index contributed by atoms with van der Waals surface area (Å²) >= 11 is 4.72. The van der Waals surface area contributed by atoms with Crippen LogP contribution in [0.2, 0.25) is 0 Å². The van der Waals surface area contributed by atoms with Crippen molar-refractivity contribution < 1.29 is 32.6 Å². The average Bonchev–Trinajstić information content (AvgIpc) is 2.02. The van der Waals surface area contributed by atoms with E-state index in [0.29, 0.717) is 0 Å². The lowest BCUT2D eigenvalue weighted by atomic mass is 10.2. The van der Waals surface area contributed by atoms with E-state index in [2.05, 4.69) is 4.74 Å². The average molecular weight is 247 g/mol. The van der Waals surface area contributed by atoms with Crippen LogP contribution in [0.5, 0.6) is 0 Å². The summed E-state index contributed by atoms with van der Waals surface area (Å²) in [6.07, 6.45) is -5.10. The van der Waals surface area contributed by atoms with Gasteiger partial charge in [-0.25, -0.2) is 9.59 Å². The van der Waals surface area contributed by atoms with Gasteiger partial charge in [0.1, 0.15) is 5.03 Å². The van der Waals surface area contributed by atoms with Crippen LogP contribution >= 0.6 is 11.6 Å². The van der Waals surface area contributed by atoms with Crippen molar-refractivity contribution in [1.29, 1.82) is 0 Å². The molecule has 0 aromatic rings. The Morgan fingerprint density at radius 2 is 1.87 bits per heavy atom. The molecule has 0 rings (SSSR count). The second-order valence-electron chi connectivity index (χ2n) is 2.21. The van der Waals surface area contributed by atoms with Crippen LogP contribution < -0.4 is 0 Å². The lowest BCUT2D eigenvalue weighted by Gasteiger charge is -2.08. The van der Waals surface area contributed by atoms with Gasteiger partial charge in [0.15, 0.2) is 5.57 Å². The summed E-state index contributed by atoms with van der Waals surface area (Å²) in [5, 5.41) is 6.35. The molecule has 1 N–H and O–H groups in total. The Bertz CT molecular complexity index is 308. The first kappa shape index (κ1) is 13.8. The van der Waals surface area contributed by atoms with Gasteiger partial charge in [0, 0.05) is 0 Å². The van der Waals surface area contributed by atoms with E-state index >= 15 is 0 Å². The second kappa shape index (κ2) is 5.01. The summed E-state index contributed by atoms with van der Waals surface area (Å²) in [5.74, 6) is -3.71. The summed E-state index contributed by atoms with van der Waals surface area (Å²) in [6, 6.07) is 0. The molecule has 0 aromatic heterocycles. The third-order valence-electron chi connectivity index (χ3n) is 1.16. The first-order chi connectivity index (χ1) is 6.71. The van der Waals surface area contributed by atoms with Crippen molar-refractivity contribution in [2.45, 2.75) is 13.1 Å². The fourth-order valence-corrected chi connectivity index (χ4v) is 0.774. The van der Waals surface area contributed by atoms with Gasteiger partial charge in [0.2, 0.25) is 0 Å². The number of carboxylic acids is 1. The van der Waals surface area contributed by atoms with Crippen molar-refractivity contribution >= 4 is 23.5 Å². The highest BCUT2D eigenvalue weighted by Gasteiger charge is 2.40. The van der Waals surface area contributed by atoms with Gasteiger partial charge in [-0.2, -0.15) is 13.2 Å². The molecule has 0 saturated carbocycles. The zero-order valence-corrected chi connectivity index (χ0v) is 8.15. The molecule has 86 valence electrons. The molecule has 4 nitrogen and oxygen atoms in total. The molecule has 0 saturated heterocycles. The fourth-order valence-electron chi connectivity index (χ4n) is 0.616. The lowest BCUT2D eigenvalue weighted by molar-refractivity contribution is -0.145. The third kappa shape index (κ3) is 3.78. The van der Waals surface area contributed by atoms with E-state index in [4.69, 9.17) is 16.7 Å². The smallest absolute Gasteiger partial charge is 0.428 e. The monoisotopic (exact) mass is 246 g/mol. The highest BCUT2D eigenvalue weighted by Crippen LogP contribution is 2.31. The van der Waals surface area contributed by atoms with Gasteiger partial charge in [-0.1, -0.05) is 11.6 Å². The minimum atomic E-state index is -5.10. The number of esters is 1. The maximum atomic E-state index is 12.0. The molecule has 0 heterocycles. The number of carbonyl (C=O) groups excluding carboxylic acids is 1. The molecular weight excluding hydrogens is 241 g/mol. The van der Waals surface area contributed by atoms with E-state index in [1.54, 1.807) is 0 Å². The molecule has 0 unspecified atom stereocenters. The van der Waals surface area contributed by atoms with Crippen molar-refractivity contribution in [3.05, 3.63) is 10.6 Å². The summed E-state index contributed by atoms with van der Waals surface area (Å²) in [4.78, 5) is 21.2. The number of allylic oxidation sites excluding steroid dienone is 1. The number of carbonyl (C=O) groups is 2. The van der Waals surface area contributed by atoms with Gasteiger partial charge in [-0.05, 0) is 6.92 Å². The van der Waals surface area contributed by atoms with E-state index in [1.807, 2.05) is 0 Å². The topological polar surface area (TPSA) is 63.6 Å². The molecule has 0 fully saturated rings. The van der Waals surface area contributed by atoms with E-state index in [9.17, 15) is 22.8 Å². The molecule has 0 atom stereocenters. The highest BCUT2D eigenvalue weighted by atomic mass is 35.5. The lowest BCUT2D eigenvalue weighted by Crippen LogP contribution is -2.22. The Morgan fingerprint density at radius 3 is 2.13 bits per heavy atom. The van der Waals surface area contributed by atoms with E-state index in [-0.39, 0.29) is 6.61 Å². The second-order valence-corrected chi connectivity index (χ2v) is 2.59. The molecule has 0 bridgehead atoms. The van der Waals surface area contributed by atoms with Gasteiger partial charge < -0.3 is 9.84 Å². The van der Waals surface area contributed by atoms with E-state index in [0.717, 1.165) is 0 Å². The predicted molar refractivity (Wildman–Crippen MR) is 43.2 cm³/mol. The van der Waals surface area contributed by atoms with Crippen LogP contribution in [0.4, 0.5) is 13.2 Å². The normalized spacial score (nSPS) is 13.1. The quantitative estimate of drug-likeness (QED) is 0.356. The van der Waals surface area contributed by atoms with Crippen LogP contribution in [0.25, 0.3) is 0 Å². The molecule has 0 radical (unpaired) electrons. The van der Waals surface area contributed by atoms with Gasteiger partial charge >= 0.3 is 18.1 Å². The summed E-state index contributed by atoms with van der Waals surface area (Å²) in [7, 11) is 0. The number of aliphatic carboxylic acids is 1. The molecular formula is C7H6ClF3O4. The zero-order chi connectivity index (χ0) is 12.2. The maximum absolute atomic E-state index is 12.0. The Balaban J connectivity index is 5.31. The summed E-state index contributed by atoms with van der Waals surface area (Å²) in [5.41, 5.74) is -1.62. The Labute approximate surface area is 87.3 Å². The highest BCUT2D eigenvalue weighted by molar-refractivity contribution is 6.36. The number of halogens is 4. The number of hydrogen-bond acceptors (Lipinski definition) is 3. The zero-order valence-electron chi connectivity index (χ0n) is 7.39. The molecule has 15 heavy (non-hydrogen) atoms. The van der Waals surface area contributed by atoms with Crippen molar-refractivity contribution in [2.75, 3.05) is 6.61 Å². The van der Waals surface area contributed by atoms with Crippen LogP contribution in [0, 0.1) is 0 Å². The standard InChI is InChI=1S/C7H6ClF3O4/c1-2-15-6(14)3(5(12)13)4(8)7(9,10)11/h2H2,1H3,(H,12,13). The minimum absolute atomic E-state index is 0.252. The SMILES string of the molecule is CCOC(=O)C(C(=O)O)=C(Cl)C(F)(F)F. The van der Waals surface area contributed by atoms with Gasteiger partial charge in [-0.15, -0.1) is 0 Å². The van der Waals surface area contributed by atoms with Crippen molar-refractivity contribution in [3.8, 4) is 0 Å². The van der Waals surface area contributed by atoms with Crippen molar-refractivity contribution in [1.82, 2.24) is 0 Å². The molecule has 0 aliphatic carbocycles. The minimum Gasteiger partial charge on any atom is -0.477 e. The molecule has 0 amide bonds. The number of rotatable bonds is 3. The summed E-state index contributed by atoms with van der Waals surface area (Å²) in [6.45, 7) is 1.07.